The van der Waals surface area contributed by atoms with Gasteiger partial charge < -0.3 is 5.32 Å². The van der Waals surface area contributed by atoms with E-state index in [1.54, 1.807) is 0 Å². The number of rotatable bonds is 4. The zero-order valence-electron chi connectivity index (χ0n) is 13.3. The van der Waals surface area contributed by atoms with Crippen LogP contribution < -0.4 is 5.32 Å². The first-order valence-electron chi connectivity index (χ1n) is 7.44. The van der Waals surface area contributed by atoms with Crippen LogP contribution >= 0.6 is 15.9 Å². The van der Waals surface area contributed by atoms with E-state index in [0.717, 1.165) is 22.7 Å². The standard InChI is InChI=1S/C16H10BrF5N4O/c17-6-9-4-12(24-14-5-13(16(20,21)22)25-26(9)14)15(27)23-7-8-1-2-10(18)11(19)3-8/h1-5H,6-7H2,(H,23,27). The highest BCUT2D eigenvalue weighted by Gasteiger charge is 2.34. The molecule has 1 aromatic carbocycles. The second kappa shape index (κ2) is 7.22. The summed E-state index contributed by atoms with van der Waals surface area (Å²) < 4.78 is 65.6. The van der Waals surface area contributed by atoms with E-state index >= 15 is 0 Å². The number of alkyl halides is 4. The molecule has 1 N–H and O–H groups in total. The molecule has 0 radical (unpaired) electrons. The SMILES string of the molecule is O=C(NCc1ccc(F)c(F)c1)c1cc(CBr)n2nc(C(F)(F)F)cc2n1. The lowest BCUT2D eigenvalue weighted by molar-refractivity contribution is -0.141. The molecule has 2 aromatic heterocycles. The molecule has 27 heavy (non-hydrogen) atoms. The molecule has 0 spiro atoms. The summed E-state index contributed by atoms with van der Waals surface area (Å²) >= 11 is 3.13. The molecule has 11 heteroatoms. The van der Waals surface area contributed by atoms with Crippen LogP contribution in [0.25, 0.3) is 5.65 Å². The first-order chi connectivity index (χ1) is 12.7. The topological polar surface area (TPSA) is 59.3 Å². The number of amides is 1. The van der Waals surface area contributed by atoms with Crippen LogP contribution in [0.1, 0.15) is 27.4 Å². The van der Waals surface area contributed by atoms with Crippen LogP contribution in [-0.2, 0) is 18.1 Å². The van der Waals surface area contributed by atoms with Crippen LogP contribution in [0.2, 0.25) is 0 Å². The summed E-state index contributed by atoms with van der Waals surface area (Å²) in [5, 5.41) is 6.05. The second-order valence-corrected chi connectivity index (χ2v) is 6.06. The van der Waals surface area contributed by atoms with Gasteiger partial charge in [-0.1, -0.05) is 22.0 Å². The minimum atomic E-state index is -4.65. The Balaban J connectivity index is 1.86. The van der Waals surface area contributed by atoms with E-state index in [1.165, 1.54) is 12.1 Å². The maximum absolute atomic E-state index is 13.2. The predicted octanol–water partition coefficient (Wildman–Crippen LogP) is 3.85. The number of aromatic nitrogens is 3. The fourth-order valence-corrected chi connectivity index (χ4v) is 2.71. The van der Waals surface area contributed by atoms with Crippen molar-refractivity contribution in [3.63, 3.8) is 0 Å². The van der Waals surface area contributed by atoms with E-state index < -0.39 is 29.4 Å². The Kier molecular flexibility index (Phi) is 5.13. The highest BCUT2D eigenvalue weighted by molar-refractivity contribution is 9.08. The molecular formula is C16H10BrF5N4O. The molecule has 1 amide bonds. The van der Waals surface area contributed by atoms with Gasteiger partial charge in [0.15, 0.2) is 23.0 Å². The molecule has 3 rings (SSSR count). The predicted molar refractivity (Wildman–Crippen MR) is 88.1 cm³/mol. The Morgan fingerprint density at radius 2 is 1.89 bits per heavy atom. The average Bonchev–Trinajstić information content (AvgIpc) is 3.06. The average molecular weight is 449 g/mol. The van der Waals surface area contributed by atoms with Crippen molar-refractivity contribution in [2.75, 3.05) is 0 Å². The summed E-state index contributed by atoms with van der Waals surface area (Å²) in [6.07, 6.45) is -4.65. The number of carbonyl (C=O) groups excluding carboxylic acids is 1. The summed E-state index contributed by atoms with van der Waals surface area (Å²) in [5.74, 6) is -2.75. The van der Waals surface area contributed by atoms with Gasteiger partial charge in [-0.05, 0) is 23.8 Å². The third kappa shape index (κ3) is 4.07. The van der Waals surface area contributed by atoms with Gasteiger partial charge in [0, 0.05) is 17.9 Å². The third-order valence-corrected chi connectivity index (χ3v) is 4.17. The number of fused-ring (bicyclic) bond motifs is 1. The minimum Gasteiger partial charge on any atom is -0.347 e. The van der Waals surface area contributed by atoms with E-state index in [0.29, 0.717) is 5.56 Å². The molecule has 0 aliphatic carbocycles. The molecule has 0 saturated heterocycles. The van der Waals surface area contributed by atoms with Crippen LogP contribution in [0, 0.1) is 11.6 Å². The molecule has 0 aliphatic rings. The highest BCUT2D eigenvalue weighted by atomic mass is 79.9. The fourth-order valence-electron chi connectivity index (χ4n) is 2.31. The van der Waals surface area contributed by atoms with Crippen LogP contribution in [0.5, 0.6) is 0 Å². The summed E-state index contributed by atoms with van der Waals surface area (Å²) in [6, 6.07) is 5.18. The Morgan fingerprint density at radius 3 is 2.52 bits per heavy atom. The quantitative estimate of drug-likeness (QED) is 0.487. The van der Waals surface area contributed by atoms with Crippen molar-refractivity contribution in [1.82, 2.24) is 19.9 Å². The summed E-state index contributed by atoms with van der Waals surface area (Å²) in [4.78, 5) is 16.2. The molecule has 5 nitrogen and oxygen atoms in total. The lowest BCUT2D eigenvalue weighted by Gasteiger charge is -2.08. The van der Waals surface area contributed by atoms with E-state index in [-0.39, 0.29) is 28.9 Å². The zero-order valence-corrected chi connectivity index (χ0v) is 14.9. The molecule has 0 unspecified atom stereocenters. The van der Waals surface area contributed by atoms with Crippen LogP contribution in [0.3, 0.4) is 0 Å². The maximum Gasteiger partial charge on any atom is 0.435 e. The van der Waals surface area contributed by atoms with E-state index in [9.17, 15) is 26.7 Å². The third-order valence-electron chi connectivity index (χ3n) is 3.60. The van der Waals surface area contributed by atoms with E-state index in [4.69, 9.17) is 0 Å². The largest absolute Gasteiger partial charge is 0.435 e. The minimum absolute atomic E-state index is 0.112. The van der Waals surface area contributed by atoms with Gasteiger partial charge in [-0.25, -0.2) is 18.3 Å². The number of benzene rings is 1. The zero-order chi connectivity index (χ0) is 19.8. The van der Waals surface area contributed by atoms with Gasteiger partial charge >= 0.3 is 6.18 Å². The van der Waals surface area contributed by atoms with Gasteiger partial charge in [-0.3, -0.25) is 4.79 Å². The van der Waals surface area contributed by atoms with Gasteiger partial charge in [0.1, 0.15) is 5.69 Å². The van der Waals surface area contributed by atoms with Gasteiger partial charge in [0.2, 0.25) is 0 Å². The summed E-state index contributed by atoms with van der Waals surface area (Å²) in [5.41, 5.74) is -0.803. The number of carbonyl (C=O) groups is 1. The molecule has 0 bridgehead atoms. The number of halogens is 6. The molecule has 142 valence electrons. The molecule has 3 aromatic rings. The van der Waals surface area contributed by atoms with Gasteiger partial charge in [-0.15, -0.1) is 0 Å². The van der Waals surface area contributed by atoms with Gasteiger partial charge in [0.25, 0.3) is 5.91 Å². The lowest BCUT2D eigenvalue weighted by Crippen LogP contribution is -2.24. The highest BCUT2D eigenvalue weighted by Crippen LogP contribution is 2.29. The first kappa shape index (κ1) is 19.2. The number of hydrogen-bond acceptors (Lipinski definition) is 3. The van der Waals surface area contributed by atoms with Crippen molar-refractivity contribution >= 4 is 27.5 Å². The number of nitrogens with one attached hydrogen (secondary N) is 1. The molecule has 0 aliphatic heterocycles. The Labute approximate surface area is 157 Å². The van der Waals surface area contributed by atoms with E-state index in [2.05, 4.69) is 31.3 Å². The molecule has 2 heterocycles. The summed E-state index contributed by atoms with van der Waals surface area (Å²) in [7, 11) is 0. The molecule has 0 saturated carbocycles. The van der Waals surface area contributed by atoms with Crippen molar-refractivity contribution in [2.24, 2.45) is 0 Å². The molecular weight excluding hydrogens is 439 g/mol. The number of hydrogen-bond donors (Lipinski definition) is 1. The van der Waals surface area contributed by atoms with Crippen molar-refractivity contribution in [3.8, 4) is 0 Å². The van der Waals surface area contributed by atoms with Crippen LogP contribution in [0.4, 0.5) is 22.0 Å². The Morgan fingerprint density at radius 1 is 1.15 bits per heavy atom. The second-order valence-electron chi connectivity index (χ2n) is 5.49. The number of nitrogens with zero attached hydrogens (tertiary/aromatic N) is 3. The maximum atomic E-state index is 13.2. The van der Waals surface area contributed by atoms with Crippen molar-refractivity contribution in [3.05, 3.63) is 64.6 Å². The summed E-state index contributed by atoms with van der Waals surface area (Å²) in [6.45, 7) is -0.112. The van der Waals surface area contributed by atoms with Gasteiger partial charge in [0.05, 0.1) is 5.69 Å². The lowest BCUT2D eigenvalue weighted by atomic mass is 10.2. The van der Waals surface area contributed by atoms with Crippen molar-refractivity contribution < 1.29 is 26.7 Å². The van der Waals surface area contributed by atoms with Crippen molar-refractivity contribution in [2.45, 2.75) is 18.1 Å². The monoisotopic (exact) mass is 448 g/mol. The van der Waals surface area contributed by atoms with Crippen molar-refractivity contribution in [1.29, 1.82) is 0 Å². The van der Waals surface area contributed by atoms with Gasteiger partial charge in [-0.2, -0.15) is 18.3 Å². The van der Waals surface area contributed by atoms with Crippen LogP contribution in [0.15, 0.2) is 30.3 Å². The first-order valence-corrected chi connectivity index (χ1v) is 8.56. The van der Waals surface area contributed by atoms with Crippen LogP contribution in [-0.4, -0.2) is 20.5 Å². The molecule has 0 atom stereocenters. The smallest absolute Gasteiger partial charge is 0.347 e. The van der Waals surface area contributed by atoms with E-state index in [1.807, 2.05) is 0 Å². The Hall–Kier alpha value is -2.56. The normalized spacial score (nSPS) is 11.8. The Bertz CT molecular complexity index is 1020. The fraction of sp³-hybridized carbons (Fsp3) is 0.188. The molecule has 0 fully saturated rings.